The molecule has 0 spiro atoms. The van der Waals surface area contributed by atoms with E-state index in [-0.39, 0.29) is 0 Å². The summed E-state index contributed by atoms with van der Waals surface area (Å²) in [5.74, 6) is 0. The summed E-state index contributed by atoms with van der Waals surface area (Å²) < 4.78 is 1.77. The second kappa shape index (κ2) is 5.38. The molecule has 98 valence electrons. The van der Waals surface area contributed by atoms with Gasteiger partial charge in [0.15, 0.2) is 0 Å². The van der Waals surface area contributed by atoms with Gasteiger partial charge in [-0.1, -0.05) is 18.5 Å². The van der Waals surface area contributed by atoms with Crippen LogP contribution in [0.3, 0.4) is 0 Å². The molecule has 1 aromatic rings. The third kappa shape index (κ3) is 3.00. The normalized spacial score (nSPS) is 16.9. The molecule has 1 rings (SSSR count). The molecule has 0 aliphatic carbocycles. The smallest absolute Gasteiger partial charge is 0.0880 e. The molecule has 0 bridgehead atoms. The van der Waals surface area contributed by atoms with Crippen molar-refractivity contribution in [2.24, 2.45) is 0 Å². The maximum atomic E-state index is 10.0. The Labute approximate surface area is 107 Å². The summed E-state index contributed by atoms with van der Waals surface area (Å²) in [5.41, 5.74) is 0.444. The number of halogens is 1. The van der Waals surface area contributed by atoms with Crippen molar-refractivity contribution in [3.63, 3.8) is 0 Å². The third-order valence-corrected chi connectivity index (χ3v) is 3.76. The zero-order valence-electron chi connectivity index (χ0n) is 10.9. The average Bonchev–Trinajstić information content (AvgIpc) is 2.56. The van der Waals surface area contributed by atoms with Crippen molar-refractivity contribution in [3.05, 3.63) is 16.4 Å². The molecule has 0 radical (unpaired) electrons. The van der Waals surface area contributed by atoms with E-state index in [1.807, 2.05) is 20.8 Å². The fraction of sp³-hybridized carbons (Fsp3) is 0.750. The number of hydrogen-bond donors (Lipinski definition) is 2. The minimum Gasteiger partial charge on any atom is -0.390 e. The Bertz CT molecular complexity index is 388. The van der Waals surface area contributed by atoms with Crippen LogP contribution in [0.5, 0.6) is 0 Å². The van der Waals surface area contributed by atoms with Crippen LogP contribution in [-0.2, 0) is 13.0 Å². The molecular weight excluding hydrogens is 240 g/mol. The number of hydrogen-bond acceptors (Lipinski definition) is 3. The molecule has 0 saturated carbocycles. The van der Waals surface area contributed by atoms with Crippen molar-refractivity contribution in [2.45, 2.75) is 58.8 Å². The van der Waals surface area contributed by atoms with E-state index in [4.69, 9.17) is 11.6 Å². The Morgan fingerprint density at radius 1 is 1.47 bits per heavy atom. The molecule has 5 heteroatoms. The van der Waals surface area contributed by atoms with Crippen LogP contribution in [0, 0.1) is 6.92 Å². The molecule has 1 aromatic heterocycles. The number of aryl methyl sites for hydroxylation is 2. The lowest BCUT2D eigenvalue weighted by Crippen LogP contribution is -2.40. The summed E-state index contributed by atoms with van der Waals surface area (Å²) in [6.07, 6.45) is -0.0364. The summed E-state index contributed by atoms with van der Waals surface area (Å²) in [6, 6.07) is 0. The van der Waals surface area contributed by atoms with Crippen molar-refractivity contribution in [3.8, 4) is 0 Å². The summed E-state index contributed by atoms with van der Waals surface area (Å²) in [7, 11) is 0. The van der Waals surface area contributed by atoms with Gasteiger partial charge in [-0.3, -0.25) is 4.68 Å². The number of aromatic nitrogens is 2. The van der Waals surface area contributed by atoms with E-state index in [1.165, 1.54) is 0 Å². The highest BCUT2D eigenvalue weighted by molar-refractivity contribution is 6.31. The molecule has 2 atom stereocenters. The molecule has 0 aliphatic heterocycles. The predicted octanol–water partition coefficient (Wildman–Crippen LogP) is 1.93. The van der Waals surface area contributed by atoms with Crippen LogP contribution in [0.1, 0.15) is 38.6 Å². The van der Waals surface area contributed by atoms with Gasteiger partial charge in [-0.25, -0.2) is 0 Å². The maximum absolute atomic E-state index is 10.0. The fourth-order valence-corrected chi connectivity index (χ4v) is 1.92. The SMILES string of the molecule is CCn1nc(C)c(Cl)c1CC(O)C(C)(O)CC. The first-order valence-electron chi connectivity index (χ1n) is 5.95. The van der Waals surface area contributed by atoms with E-state index in [9.17, 15) is 10.2 Å². The van der Waals surface area contributed by atoms with E-state index in [0.29, 0.717) is 24.4 Å². The van der Waals surface area contributed by atoms with Gasteiger partial charge < -0.3 is 10.2 Å². The molecule has 17 heavy (non-hydrogen) atoms. The van der Waals surface area contributed by atoms with Crippen LogP contribution < -0.4 is 0 Å². The number of aliphatic hydroxyl groups is 2. The van der Waals surface area contributed by atoms with E-state index in [0.717, 1.165) is 11.4 Å². The van der Waals surface area contributed by atoms with E-state index >= 15 is 0 Å². The molecule has 2 N–H and O–H groups in total. The molecule has 0 fully saturated rings. The van der Waals surface area contributed by atoms with Crippen LogP contribution in [-0.4, -0.2) is 31.7 Å². The van der Waals surface area contributed by atoms with Gasteiger partial charge in [-0.2, -0.15) is 5.10 Å². The molecule has 4 nitrogen and oxygen atoms in total. The Balaban J connectivity index is 2.95. The minimum atomic E-state index is -1.10. The minimum absolute atomic E-state index is 0.314. The quantitative estimate of drug-likeness (QED) is 0.851. The van der Waals surface area contributed by atoms with Crippen LogP contribution >= 0.6 is 11.6 Å². The van der Waals surface area contributed by atoms with Crippen LogP contribution in [0.15, 0.2) is 0 Å². The van der Waals surface area contributed by atoms with E-state index in [1.54, 1.807) is 11.6 Å². The van der Waals surface area contributed by atoms with Gasteiger partial charge in [0.05, 0.1) is 28.1 Å². The van der Waals surface area contributed by atoms with Crippen molar-refractivity contribution >= 4 is 11.6 Å². The number of nitrogens with zero attached hydrogens (tertiary/aromatic N) is 2. The van der Waals surface area contributed by atoms with Gasteiger partial charge >= 0.3 is 0 Å². The molecular formula is C12H21ClN2O2. The topological polar surface area (TPSA) is 58.3 Å². The summed E-state index contributed by atoms with van der Waals surface area (Å²) in [6.45, 7) is 7.97. The van der Waals surface area contributed by atoms with Crippen molar-refractivity contribution < 1.29 is 10.2 Å². The van der Waals surface area contributed by atoms with Gasteiger partial charge in [-0.15, -0.1) is 0 Å². The predicted molar refractivity (Wildman–Crippen MR) is 68.3 cm³/mol. The second-order valence-corrected chi connectivity index (χ2v) is 4.97. The molecule has 0 aromatic carbocycles. The highest BCUT2D eigenvalue weighted by Gasteiger charge is 2.30. The number of aliphatic hydroxyl groups excluding tert-OH is 1. The molecule has 1 heterocycles. The summed E-state index contributed by atoms with van der Waals surface area (Å²) in [4.78, 5) is 0. The largest absolute Gasteiger partial charge is 0.390 e. The van der Waals surface area contributed by atoms with Gasteiger partial charge in [0, 0.05) is 13.0 Å². The Hall–Kier alpha value is -0.580. The van der Waals surface area contributed by atoms with Gasteiger partial charge in [0.25, 0.3) is 0 Å². The first kappa shape index (κ1) is 14.5. The van der Waals surface area contributed by atoms with Crippen molar-refractivity contribution in [1.82, 2.24) is 9.78 Å². The van der Waals surface area contributed by atoms with Crippen LogP contribution in [0.4, 0.5) is 0 Å². The monoisotopic (exact) mass is 260 g/mol. The third-order valence-electron chi connectivity index (χ3n) is 3.27. The van der Waals surface area contributed by atoms with Gasteiger partial charge in [0.1, 0.15) is 0 Å². The summed E-state index contributed by atoms with van der Waals surface area (Å²) in [5, 5.41) is 24.9. The average molecular weight is 261 g/mol. The highest BCUT2D eigenvalue weighted by Crippen LogP contribution is 2.25. The molecule has 0 aliphatic rings. The van der Waals surface area contributed by atoms with Crippen molar-refractivity contribution in [2.75, 3.05) is 0 Å². The first-order valence-corrected chi connectivity index (χ1v) is 6.33. The lowest BCUT2D eigenvalue weighted by molar-refractivity contribution is -0.0636. The van der Waals surface area contributed by atoms with Gasteiger partial charge in [-0.05, 0) is 27.2 Å². The second-order valence-electron chi connectivity index (χ2n) is 4.59. The Kier molecular flexibility index (Phi) is 4.58. The maximum Gasteiger partial charge on any atom is 0.0880 e. The molecule has 0 saturated heterocycles. The first-order chi connectivity index (χ1) is 7.83. The zero-order chi connectivity index (χ0) is 13.2. The molecule has 2 unspecified atom stereocenters. The lowest BCUT2D eigenvalue weighted by Gasteiger charge is -2.27. The van der Waals surface area contributed by atoms with Crippen molar-refractivity contribution in [1.29, 1.82) is 0 Å². The molecule has 0 amide bonds. The number of rotatable bonds is 5. The van der Waals surface area contributed by atoms with E-state index < -0.39 is 11.7 Å². The fourth-order valence-electron chi connectivity index (χ4n) is 1.70. The van der Waals surface area contributed by atoms with Crippen LogP contribution in [0.25, 0.3) is 0 Å². The van der Waals surface area contributed by atoms with E-state index in [2.05, 4.69) is 5.10 Å². The lowest BCUT2D eigenvalue weighted by atomic mass is 9.92. The van der Waals surface area contributed by atoms with Gasteiger partial charge in [0.2, 0.25) is 0 Å². The van der Waals surface area contributed by atoms with Crippen LogP contribution in [0.2, 0.25) is 5.02 Å². The highest BCUT2D eigenvalue weighted by atomic mass is 35.5. The zero-order valence-corrected chi connectivity index (χ0v) is 11.6. The Morgan fingerprint density at radius 3 is 2.53 bits per heavy atom. The summed E-state index contributed by atoms with van der Waals surface area (Å²) >= 11 is 6.15. The standard InChI is InChI=1S/C12H21ClN2O2/c1-5-12(4,17)10(16)7-9-11(13)8(3)14-15(9)6-2/h10,16-17H,5-7H2,1-4H3. The Morgan fingerprint density at radius 2 is 2.06 bits per heavy atom.